The molecule has 3 N–H and O–H groups in total. The molecule has 1 saturated heterocycles. The third kappa shape index (κ3) is 6.70. The van der Waals surface area contributed by atoms with Crippen LogP contribution in [-0.4, -0.2) is 34.0 Å². The summed E-state index contributed by atoms with van der Waals surface area (Å²) in [4.78, 5) is 6.70. The van der Waals surface area contributed by atoms with Gasteiger partial charge in [-0.2, -0.15) is 0 Å². The molecule has 0 aliphatic carbocycles. The van der Waals surface area contributed by atoms with Crippen LogP contribution < -0.4 is 20.1 Å². The van der Waals surface area contributed by atoms with Crippen molar-refractivity contribution in [1.82, 2.24) is 9.71 Å². The predicted octanol–water partition coefficient (Wildman–Crippen LogP) is 5.54. The van der Waals surface area contributed by atoms with E-state index in [1.165, 1.54) is 0 Å². The number of anilines is 2. The van der Waals surface area contributed by atoms with Crippen molar-refractivity contribution >= 4 is 46.1 Å². The van der Waals surface area contributed by atoms with Crippen LogP contribution in [0.1, 0.15) is 45.2 Å². The average Bonchev–Trinajstić information content (AvgIpc) is 2.78. The molecule has 3 rings (SSSR count). The van der Waals surface area contributed by atoms with E-state index in [-0.39, 0.29) is 12.0 Å². The second-order valence-corrected chi connectivity index (χ2v) is 12.0. The Hall–Kier alpha value is -1.64. The van der Waals surface area contributed by atoms with Crippen molar-refractivity contribution in [3.63, 3.8) is 0 Å². The zero-order valence-electron chi connectivity index (χ0n) is 19.3. The van der Waals surface area contributed by atoms with Crippen molar-refractivity contribution in [2.45, 2.75) is 44.4 Å². The van der Waals surface area contributed by atoms with Gasteiger partial charge in [-0.15, -0.1) is 4.72 Å². The van der Waals surface area contributed by atoms with E-state index in [0.717, 1.165) is 37.3 Å². The Balaban J connectivity index is 1.89. The van der Waals surface area contributed by atoms with Crippen LogP contribution >= 0.6 is 23.2 Å². The number of nitrogen functional groups attached to an aromatic ring is 1. The number of hydrogen-bond donors (Lipinski definition) is 2. The number of pyridine rings is 1. The van der Waals surface area contributed by atoms with Crippen LogP contribution in [0.3, 0.4) is 0 Å². The number of nitrogens with two attached hydrogens (primary N) is 1. The van der Waals surface area contributed by atoms with Crippen molar-refractivity contribution in [2.24, 2.45) is 5.92 Å². The Labute approximate surface area is 209 Å². The predicted molar refractivity (Wildman–Crippen MR) is 140 cm³/mol. The summed E-state index contributed by atoms with van der Waals surface area (Å²) in [6.07, 6.45) is 5.12. The lowest BCUT2D eigenvalue weighted by Gasteiger charge is -2.38. The molecule has 1 aliphatic heterocycles. The fourth-order valence-corrected chi connectivity index (χ4v) is 5.04. The van der Waals surface area contributed by atoms with E-state index in [1.54, 1.807) is 18.3 Å². The minimum absolute atomic E-state index is 0.213. The highest BCUT2D eigenvalue weighted by molar-refractivity contribution is 7.90. The highest BCUT2D eigenvalue weighted by Gasteiger charge is 2.37. The Morgan fingerprint density at radius 1 is 1.30 bits per heavy atom. The monoisotopic (exact) mass is 510 g/mol. The number of aromatic nitrogens is 1. The number of piperidine rings is 1. The lowest BCUT2D eigenvalue weighted by molar-refractivity contribution is 0.306. The molecule has 0 radical (unpaired) electrons. The van der Waals surface area contributed by atoms with Gasteiger partial charge >= 0.3 is 0 Å². The van der Waals surface area contributed by atoms with Gasteiger partial charge < -0.3 is 19.9 Å². The topological polar surface area (TPSA) is 86.5 Å². The molecule has 1 aromatic heterocycles. The second-order valence-electron chi connectivity index (χ2n) is 9.15. The van der Waals surface area contributed by atoms with Crippen LogP contribution in [0.5, 0.6) is 5.75 Å². The molecule has 6 nitrogen and oxygen atoms in total. The van der Waals surface area contributed by atoms with Gasteiger partial charge in [0.05, 0.1) is 28.0 Å². The zero-order valence-corrected chi connectivity index (χ0v) is 21.6. The summed E-state index contributed by atoms with van der Waals surface area (Å²) >= 11 is 11.4. The van der Waals surface area contributed by atoms with Gasteiger partial charge in [0, 0.05) is 36.1 Å². The zero-order chi connectivity index (χ0) is 24.2. The van der Waals surface area contributed by atoms with Crippen LogP contribution in [-0.2, 0) is 11.4 Å². The molecule has 180 valence electrons. The normalized spacial score (nSPS) is 17.0. The highest BCUT2D eigenvalue weighted by atomic mass is 35.5. The third-order valence-electron chi connectivity index (χ3n) is 5.64. The molecular weight excluding hydrogens is 479 g/mol. The molecule has 0 bridgehead atoms. The average molecular weight is 512 g/mol. The number of nitrogens with one attached hydrogen (secondary N) is 1. The number of benzene rings is 1. The van der Waals surface area contributed by atoms with Gasteiger partial charge in [0.25, 0.3) is 0 Å². The van der Waals surface area contributed by atoms with Crippen molar-refractivity contribution < 1.29 is 9.29 Å². The third-order valence-corrected chi connectivity index (χ3v) is 7.94. The van der Waals surface area contributed by atoms with Crippen LogP contribution in [0, 0.1) is 5.92 Å². The Morgan fingerprint density at radius 2 is 1.97 bits per heavy atom. The summed E-state index contributed by atoms with van der Waals surface area (Å²) in [6, 6.07) is 7.14. The number of nitrogens with zero attached hydrogens (tertiary/aromatic N) is 2. The molecule has 9 heteroatoms. The van der Waals surface area contributed by atoms with Crippen molar-refractivity contribution in [1.29, 1.82) is 0 Å². The first-order chi connectivity index (χ1) is 15.6. The van der Waals surface area contributed by atoms with Crippen molar-refractivity contribution in [2.75, 3.05) is 30.3 Å². The highest BCUT2D eigenvalue weighted by Crippen LogP contribution is 2.41. The van der Waals surface area contributed by atoms with Gasteiger partial charge in [0.1, 0.15) is 22.9 Å². The van der Waals surface area contributed by atoms with E-state index in [0.29, 0.717) is 28.1 Å². The fraction of sp³-hybridized carbons (Fsp3) is 0.458. The van der Waals surface area contributed by atoms with E-state index in [4.69, 9.17) is 33.7 Å². The van der Waals surface area contributed by atoms with Gasteiger partial charge in [-0.25, -0.2) is 4.98 Å². The van der Waals surface area contributed by atoms with E-state index in [9.17, 15) is 4.55 Å². The van der Waals surface area contributed by atoms with Crippen LogP contribution in [0.4, 0.5) is 11.5 Å². The quantitative estimate of drug-likeness (QED) is 0.357. The number of halogens is 2. The maximum absolute atomic E-state index is 13.1. The van der Waals surface area contributed by atoms with Gasteiger partial charge in [-0.1, -0.05) is 35.9 Å². The van der Waals surface area contributed by atoms with Crippen LogP contribution in [0.15, 0.2) is 43.1 Å². The SMILES string of the molecule is C=CCOc1cc(Cl)c(Cl)cc1C(N[S+]([O-])C(C)(C)C)C1CCN(c2ccc(N)cn2)CC1. The van der Waals surface area contributed by atoms with Crippen molar-refractivity contribution in [3.8, 4) is 5.75 Å². The smallest absolute Gasteiger partial charge is 0.136 e. The summed E-state index contributed by atoms with van der Waals surface area (Å²) < 4.78 is 22.0. The molecule has 0 amide bonds. The first-order valence-corrected chi connectivity index (χ1v) is 12.9. The molecule has 0 saturated carbocycles. The second kappa shape index (κ2) is 11.2. The molecular formula is C24H32Cl2N4O2S. The lowest BCUT2D eigenvalue weighted by atomic mass is 9.85. The minimum Gasteiger partial charge on any atom is -0.598 e. The van der Waals surface area contributed by atoms with Crippen LogP contribution in [0.2, 0.25) is 10.0 Å². The molecule has 0 spiro atoms. The van der Waals surface area contributed by atoms with Gasteiger partial charge in [0.15, 0.2) is 0 Å². The maximum Gasteiger partial charge on any atom is 0.136 e. The summed E-state index contributed by atoms with van der Waals surface area (Å²) in [5, 5.41) is 0.855. The van der Waals surface area contributed by atoms with Crippen molar-refractivity contribution in [3.05, 3.63) is 58.7 Å². The minimum atomic E-state index is -1.28. The summed E-state index contributed by atoms with van der Waals surface area (Å²) in [7, 11) is 0. The number of rotatable bonds is 8. The summed E-state index contributed by atoms with van der Waals surface area (Å²) in [6.45, 7) is 11.6. The number of hydrogen-bond acceptors (Lipinski definition) is 6. The summed E-state index contributed by atoms with van der Waals surface area (Å²) in [5.41, 5.74) is 7.28. The Kier molecular flexibility index (Phi) is 8.81. The Bertz CT molecular complexity index is 945. The van der Waals surface area contributed by atoms with E-state index in [2.05, 4.69) is 21.2 Å². The molecule has 2 unspecified atom stereocenters. The molecule has 1 aliphatic rings. The first-order valence-electron chi connectivity index (χ1n) is 11.0. The van der Waals surface area contributed by atoms with E-state index >= 15 is 0 Å². The number of ether oxygens (including phenoxy) is 1. The molecule has 2 aromatic rings. The van der Waals surface area contributed by atoms with Gasteiger partial charge in [0.2, 0.25) is 0 Å². The Morgan fingerprint density at radius 3 is 2.55 bits per heavy atom. The largest absolute Gasteiger partial charge is 0.598 e. The fourth-order valence-electron chi connectivity index (χ4n) is 3.81. The molecule has 2 atom stereocenters. The van der Waals surface area contributed by atoms with Gasteiger partial charge in [-0.05, 0) is 57.7 Å². The van der Waals surface area contributed by atoms with E-state index < -0.39 is 16.1 Å². The standard InChI is InChI=1S/C24H32Cl2N4O2S/c1-5-12-32-21-14-20(26)19(25)13-18(21)23(29-33(31)24(2,3)4)16-8-10-30(11-9-16)22-7-6-17(27)15-28-22/h5-7,13-16,23,29H,1,8-12,27H2,2-4H3. The van der Waals surface area contributed by atoms with Crippen LogP contribution in [0.25, 0.3) is 0 Å². The first kappa shape index (κ1) is 26.0. The summed E-state index contributed by atoms with van der Waals surface area (Å²) in [5.74, 6) is 1.75. The van der Waals surface area contributed by atoms with E-state index in [1.807, 2.05) is 39.0 Å². The maximum atomic E-state index is 13.1. The molecule has 1 fully saturated rings. The lowest BCUT2D eigenvalue weighted by Crippen LogP contribution is -2.46. The molecule has 2 heterocycles. The molecule has 33 heavy (non-hydrogen) atoms. The molecule has 1 aromatic carbocycles. The van der Waals surface area contributed by atoms with Gasteiger partial charge in [-0.3, -0.25) is 0 Å².